The van der Waals surface area contributed by atoms with Crippen LogP contribution in [0.5, 0.6) is 0 Å². The Morgan fingerprint density at radius 2 is 2.30 bits per heavy atom. The van der Waals surface area contributed by atoms with Gasteiger partial charge in [0.25, 0.3) is 0 Å². The van der Waals surface area contributed by atoms with E-state index in [1.807, 2.05) is 6.92 Å². The molecule has 0 aromatic carbocycles. The number of nitrogens with one attached hydrogen (secondary N) is 1. The van der Waals surface area contributed by atoms with Gasteiger partial charge in [-0.05, 0) is 6.42 Å². The van der Waals surface area contributed by atoms with Crippen molar-refractivity contribution in [3.05, 3.63) is 0 Å². The number of amides is 1. The summed E-state index contributed by atoms with van der Waals surface area (Å²) in [7, 11) is 1.62. The number of carbonyl (C=O) groups is 1. The third-order valence-corrected chi connectivity index (χ3v) is 1.11. The van der Waals surface area contributed by atoms with Crippen molar-refractivity contribution in [1.82, 2.24) is 5.32 Å². The largest absolute Gasteiger partial charge is 0.383 e. The van der Waals surface area contributed by atoms with Gasteiger partial charge in [0.15, 0.2) is 0 Å². The Kier molecular flexibility index (Phi) is 6.18. The molecule has 0 aliphatic heterocycles. The predicted molar refractivity (Wildman–Crippen MR) is 39.8 cm³/mol. The maximum atomic E-state index is 10.8. The van der Waals surface area contributed by atoms with Crippen LogP contribution in [0.25, 0.3) is 0 Å². The Hall–Kier alpha value is -0.570. The van der Waals surface area contributed by atoms with E-state index in [2.05, 4.69) is 5.32 Å². The molecule has 1 amide bonds. The lowest BCUT2D eigenvalue weighted by Crippen LogP contribution is -2.26. The third-order valence-electron chi connectivity index (χ3n) is 1.11. The maximum absolute atomic E-state index is 10.8. The SMILES string of the molecule is CCCC(=O)NCCOC. The highest BCUT2D eigenvalue weighted by Gasteiger charge is 1.95. The Bertz CT molecular complexity index is 93.6. The van der Waals surface area contributed by atoms with Crippen LogP contribution in [0.2, 0.25) is 0 Å². The van der Waals surface area contributed by atoms with E-state index in [1.165, 1.54) is 0 Å². The van der Waals surface area contributed by atoms with E-state index in [1.54, 1.807) is 7.11 Å². The summed E-state index contributed by atoms with van der Waals surface area (Å²) in [6.45, 7) is 3.20. The Balaban J connectivity index is 3.05. The van der Waals surface area contributed by atoms with Crippen molar-refractivity contribution in [2.75, 3.05) is 20.3 Å². The van der Waals surface area contributed by atoms with Crippen LogP contribution in [0.3, 0.4) is 0 Å². The minimum absolute atomic E-state index is 0.111. The molecule has 0 saturated carbocycles. The second kappa shape index (κ2) is 6.55. The van der Waals surface area contributed by atoms with Crippen molar-refractivity contribution in [3.8, 4) is 0 Å². The van der Waals surface area contributed by atoms with Crippen molar-refractivity contribution >= 4 is 5.91 Å². The van der Waals surface area contributed by atoms with Crippen LogP contribution in [0, 0.1) is 0 Å². The van der Waals surface area contributed by atoms with Gasteiger partial charge in [0, 0.05) is 20.1 Å². The van der Waals surface area contributed by atoms with Gasteiger partial charge in [-0.2, -0.15) is 0 Å². The van der Waals surface area contributed by atoms with Crippen molar-refractivity contribution in [2.45, 2.75) is 19.8 Å². The summed E-state index contributed by atoms with van der Waals surface area (Å²) in [4.78, 5) is 10.8. The molecule has 60 valence electrons. The molecule has 0 bridgehead atoms. The number of rotatable bonds is 5. The van der Waals surface area contributed by atoms with Gasteiger partial charge in [0.1, 0.15) is 0 Å². The van der Waals surface area contributed by atoms with Crippen molar-refractivity contribution < 1.29 is 9.53 Å². The van der Waals surface area contributed by atoms with Crippen LogP contribution in [-0.2, 0) is 9.53 Å². The molecular weight excluding hydrogens is 130 g/mol. The normalized spacial score (nSPS) is 9.40. The lowest BCUT2D eigenvalue weighted by atomic mass is 10.3. The molecule has 0 heterocycles. The molecule has 0 aliphatic rings. The van der Waals surface area contributed by atoms with Crippen molar-refractivity contribution in [1.29, 1.82) is 0 Å². The zero-order valence-electron chi connectivity index (χ0n) is 6.64. The van der Waals surface area contributed by atoms with Gasteiger partial charge < -0.3 is 10.1 Å². The highest BCUT2D eigenvalue weighted by Crippen LogP contribution is 1.84. The molecule has 0 unspecified atom stereocenters. The first-order chi connectivity index (χ1) is 4.81. The first-order valence-electron chi connectivity index (χ1n) is 3.57. The Morgan fingerprint density at radius 1 is 1.60 bits per heavy atom. The summed E-state index contributed by atoms with van der Waals surface area (Å²) in [5, 5.41) is 2.72. The Morgan fingerprint density at radius 3 is 2.80 bits per heavy atom. The van der Waals surface area contributed by atoms with E-state index in [9.17, 15) is 4.79 Å². The molecule has 0 atom stereocenters. The summed E-state index contributed by atoms with van der Waals surface area (Å²) >= 11 is 0. The standard InChI is InChI=1S/C7H15NO2/c1-3-4-7(9)8-5-6-10-2/h3-6H2,1-2H3,(H,8,9). The first kappa shape index (κ1) is 9.43. The van der Waals surface area contributed by atoms with E-state index in [4.69, 9.17) is 4.74 Å². The molecule has 1 N–H and O–H groups in total. The van der Waals surface area contributed by atoms with E-state index in [-0.39, 0.29) is 5.91 Å². The second-order valence-corrected chi connectivity index (χ2v) is 2.09. The van der Waals surface area contributed by atoms with Gasteiger partial charge in [0.2, 0.25) is 5.91 Å². The summed E-state index contributed by atoms with van der Waals surface area (Å²) in [5.74, 6) is 0.111. The predicted octanol–water partition coefficient (Wildman–Crippen LogP) is 0.549. The lowest BCUT2D eigenvalue weighted by Gasteiger charge is -2.01. The molecule has 0 spiro atoms. The van der Waals surface area contributed by atoms with Gasteiger partial charge in [0.05, 0.1) is 6.61 Å². The molecule has 0 saturated heterocycles. The highest BCUT2D eigenvalue weighted by atomic mass is 16.5. The topological polar surface area (TPSA) is 38.3 Å². The van der Waals surface area contributed by atoms with E-state index in [0.29, 0.717) is 19.6 Å². The van der Waals surface area contributed by atoms with Gasteiger partial charge in [-0.15, -0.1) is 0 Å². The monoisotopic (exact) mass is 145 g/mol. The molecular formula is C7H15NO2. The second-order valence-electron chi connectivity index (χ2n) is 2.09. The lowest BCUT2D eigenvalue weighted by molar-refractivity contribution is -0.121. The van der Waals surface area contributed by atoms with Crippen LogP contribution in [0.4, 0.5) is 0 Å². The average Bonchev–Trinajstić information content (AvgIpc) is 1.89. The number of hydrogen-bond donors (Lipinski definition) is 1. The smallest absolute Gasteiger partial charge is 0.220 e. The highest BCUT2D eigenvalue weighted by molar-refractivity contribution is 5.75. The van der Waals surface area contributed by atoms with Crippen LogP contribution in [0.15, 0.2) is 0 Å². The molecule has 0 fully saturated rings. The van der Waals surface area contributed by atoms with Crippen molar-refractivity contribution in [2.24, 2.45) is 0 Å². The van der Waals surface area contributed by atoms with E-state index >= 15 is 0 Å². The molecule has 0 rings (SSSR count). The summed E-state index contributed by atoms with van der Waals surface area (Å²) in [6, 6.07) is 0. The fraction of sp³-hybridized carbons (Fsp3) is 0.857. The number of carbonyl (C=O) groups excluding carboxylic acids is 1. The minimum atomic E-state index is 0.111. The summed E-state index contributed by atoms with van der Waals surface area (Å²) in [5.41, 5.74) is 0. The molecule has 0 aliphatic carbocycles. The van der Waals surface area contributed by atoms with Crippen LogP contribution in [-0.4, -0.2) is 26.2 Å². The number of methoxy groups -OCH3 is 1. The quantitative estimate of drug-likeness (QED) is 0.574. The van der Waals surface area contributed by atoms with E-state index < -0.39 is 0 Å². The van der Waals surface area contributed by atoms with Crippen LogP contribution >= 0.6 is 0 Å². The zero-order chi connectivity index (χ0) is 7.82. The number of ether oxygens (including phenoxy) is 1. The van der Waals surface area contributed by atoms with Crippen molar-refractivity contribution in [3.63, 3.8) is 0 Å². The molecule has 3 heteroatoms. The maximum Gasteiger partial charge on any atom is 0.220 e. The van der Waals surface area contributed by atoms with E-state index in [0.717, 1.165) is 6.42 Å². The third kappa shape index (κ3) is 5.56. The first-order valence-corrected chi connectivity index (χ1v) is 3.57. The number of hydrogen-bond acceptors (Lipinski definition) is 2. The van der Waals surface area contributed by atoms with Gasteiger partial charge in [-0.3, -0.25) is 4.79 Å². The molecule has 3 nitrogen and oxygen atoms in total. The van der Waals surface area contributed by atoms with Gasteiger partial charge in [-0.25, -0.2) is 0 Å². The molecule has 0 aromatic heterocycles. The van der Waals surface area contributed by atoms with Gasteiger partial charge in [-0.1, -0.05) is 6.92 Å². The summed E-state index contributed by atoms with van der Waals surface area (Å²) < 4.78 is 4.76. The fourth-order valence-corrected chi connectivity index (χ4v) is 0.608. The van der Waals surface area contributed by atoms with Gasteiger partial charge >= 0.3 is 0 Å². The summed E-state index contributed by atoms with van der Waals surface area (Å²) in [6.07, 6.45) is 1.52. The molecule has 0 radical (unpaired) electrons. The zero-order valence-corrected chi connectivity index (χ0v) is 6.64. The fourth-order valence-electron chi connectivity index (χ4n) is 0.608. The Labute approximate surface area is 61.8 Å². The van der Waals surface area contributed by atoms with Crippen LogP contribution in [0.1, 0.15) is 19.8 Å². The molecule has 10 heavy (non-hydrogen) atoms. The average molecular weight is 145 g/mol. The molecule has 0 aromatic rings. The minimum Gasteiger partial charge on any atom is -0.383 e. The van der Waals surface area contributed by atoms with Crippen LogP contribution < -0.4 is 5.32 Å².